The van der Waals surface area contributed by atoms with Crippen LogP contribution < -0.4 is 5.43 Å². The van der Waals surface area contributed by atoms with E-state index < -0.39 is 0 Å². The molecule has 0 atom stereocenters. The molecule has 5 heteroatoms. The zero-order valence-corrected chi connectivity index (χ0v) is 16.2. The number of hydrogen-bond donors (Lipinski definition) is 1. The third-order valence-electron chi connectivity index (χ3n) is 4.56. The van der Waals surface area contributed by atoms with E-state index >= 15 is 0 Å². The molecule has 0 unspecified atom stereocenters. The van der Waals surface area contributed by atoms with Crippen LogP contribution in [0.4, 0.5) is 0 Å². The largest absolute Gasteiger partial charge is 0.271 e. The maximum atomic E-state index is 12.1. The van der Waals surface area contributed by atoms with E-state index in [1.807, 2.05) is 37.6 Å². The monoisotopic (exact) mass is 360 g/mol. The minimum absolute atomic E-state index is 0.228. The van der Waals surface area contributed by atoms with Gasteiger partial charge in [-0.05, 0) is 45.4 Å². The van der Waals surface area contributed by atoms with Crippen molar-refractivity contribution in [3.05, 3.63) is 87.7 Å². The second-order valence-electron chi connectivity index (χ2n) is 6.79. The lowest BCUT2D eigenvalue weighted by molar-refractivity contribution is 0.0955. The van der Waals surface area contributed by atoms with E-state index in [1.165, 1.54) is 11.1 Å². The quantitative estimate of drug-likeness (QED) is 0.554. The van der Waals surface area contributed by atoms with E-state index in [1.54, 1.807) is 18.3 Å². The number of nitrogens with zero attached hydrogens (tertiary/aromatic N) is 3. The van der Waals surface area contributed by atoms with Gasteiger partial charge < -0.3 is 0 Å². The SMILES string of the molecule is Cc1ccc(Cn2nc(C)c(/C=N\NC(=O)c3ccc(C)cc3)c2C)cc1. The zero-order chi connectivity index (χ0) is 19.4. The summed E-state index contributed by atoms with van der Waals surface area (Å²) in [6, 6.07) is 15.8. The van der Waals surface area contributed by atoms with Gasteiger partial charge in [-0.3, -0.25) is 9.48 Å². The number of carbonyl (C=O) groups is 1. The summed E-state index contributed by atoms with van der Waals surface area (Å²) < 4.78 is 1.96. The highest BCUT2D eigenvalue weighted by molar-refractivity contribution is 5.95. The highest BCUT2D eigenvalue weighted by atomic mass is 16.2. The highest BCUT2D eigenvalue weighted by Gasteiger charge is 2.10. The molecule has 1 aromatic heterocycles. The Labute approximate surface area is 159 Å². The van der Waals surface area contributed by atoms with Crippen molar-refractivity contribution < 1.29 is 4.79 Å². The minimum atomic E-state index is -0.228. The van der Waals surface area contributed by atoms with E-state index in [2.05, 4.69) is 46.8 Å². The smallest absolute Gasteiger partial charge is 0.267 e. The Balaban J connectivity index is 1.70. The Kier molecular flexibility index (Phi) is 5.50. The lowest BCUT2D eigenvalue weighted by atomic mass is 10.1. The van der Waals surface area contributed by atoms with Crippen molar-refractivity contribution in [3.8, 4) is 0 Å². The Morgan fingerprint density at radius 3 is 2.22 bits per heavy atom. The molecule has 0 saturated carbocycles. The van der Waals surface area contributed by atoms with Gasteiger partial charge >= 0.3 is 0 Å². The minimum Gasteiger partial charge on any atom is -0.267 e. The average Bonchev–Trinajstić information content (AvgIpc) is 2.91. The van der Waals surface area contributed by atoms with Crippen molar-refractivity contribution >= 4 is 12.1 Å². The van der Waals surface area contributed by atoms with Gasteiger partial charge in [0, 0.05) is 16.8 Å². The van der Waals surface area contributed by atoms with E-state index in [4.69, 9.17) is 0 Å². The van der Waals surface area contributed by atoms with Crippen LogP contribution in [0.15, 0.2) is 53.6 Å². The molecule has 27 heavy (non-hydrogen) atoms. The number of hydrogen-bond acceptors (Lipinski definition) is 3. The Morgan fingerprint density at radius 1 is 1.00 bits per heavy atom. The maximum Gasteiger partial charge on any atom is 0.271 e. The maximum absolute atomic E-state index is 12.1. The summed E-state index contributed by atoms with van der Waals surface area (Å²) in [6.07, 6.45) is 1.66. The predicted molar refractivity (Wildman–Crippen MR) is 108 cm³/mol. The van der Waals surface area contributed by atoms with Crippen LogP contribution in [0.2, 0.25) is 0 Å². The molecule has 0 spiro atoms. The molecule has 138 valence electrons. The third kappa shape index (κ3) is 4.50. The van der Waals surface area contributed by atoms with Gasteiger partial charge in [0.25, 0.3) is 5.91 Å². The summed E-state index contributed by atoms with van der Waals surface area (Å²) in [4.78, 5) is 12.1. The first kappa shape index (κ1) is 18.6. The molecule has 3 rings (SSSR count). The van der Waals surface area contributed by atoms with Crippen LogP contribution in [0.3, 0.4) is 0 Å². The number of hydrazone groups is 1. The highest BCUT2D eigenvalue weighted by Crippen LogP contribution is 2.13. The van der Waals surface area contributed by atoms with Crippen LogP contribution in [0.25, 0.3) is 0 Å². The fourth-order valence-corrected chi connectivity index (χ4v) is 2.84. The summed E-state index contributed by atoms with van der Waals surface area (Å²) in [7, 11) is 0. The molecule has 1 N–H and O–H groups in total. The van der Waals surface area contributed by atoms with Crippen LogP contribution in [0, 0.1) is 27.7 Å². The lowest BCUT2D eigenvalue weighted by Crippen LogP contribution is -2.17. The molecule has 2 aromatic carbocycles. The molecule has 1 amide bonds. The number of benzene rings is 2. The first-order valence-electron chi connectivity index (χ1n) is 8.93. The molecule has 0 aliphatic heterocycles. The van der Waals surface area contributed by atoms with E-state index in [-0.39, 0.29) is 5.91 Å². The van der Waals surface area contributed by atoms with Gasteiger partial charge in [-0.2, -0.15) is 10.2 Å². The first-order valence-corrected chi connectivity index (χ1v) is 8.93. The summed E-state index contributed by atoms with van der Waals surface area (Å²) in [5.74, 6) is -0.228. The van der Waals surface area contributed by atoms with Crippen molar-refractivity contribution in [3.63, 3.8) is 0 Å². The average molecular weight is 360 g/mol. The first-order chi connectivity index (χ1) is 12.9. The van der Waals surface area contributed by atoms with E-state index in [9.17, 15) is 4.79 Å². The summed E-state index contributed by atoms with van der Waals surface area (Å²) in [5.41, 5.74) is 9.53. The number of aromatic nitrogens is 2. The normalized spacial score (nSPS) is 11.1. The molecule has 0 bridgehead atoms. The van der Waals surface area contributed by atoms with Crippen LogP contribution in [0.5, 0.6) is 0 Å². The molecular weight excluding hydrogens is 336 g/mol. The Morgan fingerprint density at radius 2 is 1.59 bits per heavy atom. The summed E-state index contributed by atoms with van der Waals surface area (Å²) in [5, 5.41) is 8.72. The molecule has 0 fully saturated rings. The fourth-order valence-electron chi connectivity index (χ4n) is 2.84. The molecule has 5 nitrogen and oxygen atoms in total. The van der Waals surface area contributed by atoms with Gasteiger partial charge in [0.2, 0.25) is 0 Å². The number of aryl methyl sites for hydroxylation is 3. The van der Waals surface area contributed by atoms with Crippen LogP contribution in [-0.2, 0) is 6.54 Å². The number of rotatable bonds is 5. The molecular formula is C22H24N4O. The topological polar surface area (TPSA) is 59.3 Å². The Bertz CT molecular complexity index is 967. The van der Waals surface area contributed by atoms with Crippen molar-refractivity contribution in [1.82, 2.24) is 15.2 Å². The predicted octanol–water partition coefficient (Wildman–Crippen LogP) is 3.93. The second kappa shape index (κ2) is 7.99. The van der Waals surface area contributed by atoms with E-state index in [0.717, 1.165) is 22.5 Å². The van der Waals surface area contributed by atoms with Gasteiger partial charge in [0.1, 0.15) is 0 Å². The van der Waals surface area contributed by atoms with Gasteiger partial charge in [0.05, 0.1) is 18.5 Å². The van der Waals surface area contributed by atoms with Crippen LogP contribution >= 0.6 is 0 Å². The molecule has 0 saturated heterocycles. The van der Waals surface area contributed by atoms with Crippen molar-refractivity contribution in [2.75, 3.05) is 0 Å². The fraction of sp³-hybridized carbons (Fsp3) is 0.227. The van der Waals surface area contributed by atoms with Gasteiger partial charge in [-0.25, -0.2) is 5.43 Å². The molecule has 0 aliphatic carbocycles. The summed E-state index contributed by atoms with van der Waals surface area (Å²) >= 11 is 0. The second-order valence-corrected chi connectivity index (χ2v) is 6.79. The van der Waals surface area contributed by atoms with E-state index in [0.29, 0.717) is 12.1 Å². The number of amides is 1. The zero-order valence-electron chi connectivity index (χ0n) is 16.2. The van der Waals surface area contributed by atoms with Crippen LogP contribution in [-0.4, -0.2) is 21.9 Å². The van der Waals surface area contributed by atoms with Crippen molar-refractivity contribution in [1.29, 1.82) is 0 Å². The van der Waals surface area contributed by atoms with Crippen molar-refractivity contribution in [2.45, 2.75) is 34.2 Å². The lowest BCUT2D eigenvalue weighted by Gasteiger charge is -2.05. The molecule has 0 aliphatic rings. The Hall–Kier alpha value is -3.21. The van der Waals surface area contributed by atoms with Crippen molar-refractivity contribution in [2.24, 2.45) is 5.10 Å². The van der Waals surface area contributed by atoms with Gasteiger partial charge in [-0.15, -0.1) is 0 Å². The molecule has 3 aromatic rings. The summed E-state index contributed by atoms with van der Waals surface area (Å²) in [6.45, 7) is 8.72. The standard InChI is InChI=1S/C22H24N4O/c1-15-5-9-19(10-6-15)14-26-18(4)21(17(3)25-26)13-23-24-22(27)20-11-7-16(2)8-12-20/h5-13H,14H2,1-4H3,(H,24,27)/b23-13-. The van der Waals surface area contributed by atoms with Crippen LogP contribution in [0.1, 0.15) is 44.0 Å². The number of carbonyl (C=O) groups excluding carboxylic acids is 1. The van der Waals surface area contributed by atoms with Gasteiger partial charge in [-0.1, -0.05) is 47.5 Å². The number of nitrogens with one attached hydrogen (secondary N) is 1. The molecule has 0 radical (unpaired) electrons. The third-order valence-corrected chi connectivity index (χ3v) is 4.56. The molecule has 1 heterocycles. The van der Waals surface area contributed by atoms with Gasteiger partial charge in [0.15, 0.2) is 0 Å².